The zero-order valence-electron chi connectivity index (χ0n) is 8.68. The van der Waals surface area contributed by atoms with E-state index < -0.39 is 0 Å². The van der Waals surface area contributed by atoms with E-state index in [4.69, 9.17) is 5.73 Å². The molecule has 0 fully saturated rings. The first-order chi connectivity index (χ1) is 6.61. The van der Waals surface area contributed by atoms with Crippen molar-refractivity contribution in [2.24, 2.45) is 5.73 Å². The number of hydrogen-bond acceptors (Lipinski definition) is 2. The second kappa shape index (κ2) is 5.49. The third-order valence-electron chi connectivity index (χ3n) is 2.11. The van der Waals surface area contributed by atoms with Gasteiger partial charge >= 0.3 is 0 Å². The summed E-state index contributed by atoms with van der Waals surface area (Å²) in [7, 11) is 0. The Labute approximate surface area is 94.0 Å². The van der Waals surface area contributed by atoms with Crippen LogP contribution in [0.2, 0.25) is 0 Å². The van der Waals surface area contributed by atoms with Crippen molar-refractivity contribution in [2.45, 2.75) is 26.4 Å². The molecule has 1 rings (SSSR count). The maximum absolute atomic E-state index is 5.52. The number of rotatable bonds is 4. The molecule has 1 atom stereocenters. The minimum atomic E-state index is 0.370. The van der Waals surface area contributed by atoms with Crippen LogP contribution in [-0.2, 0) is 6.54 Å². The Kier molecular flexibility index (Phi) is 4.58. The van der Waals surface area contributed by atoms with Crippen LogP contribution in [-0.4, -0.2) is 12.6 Å². The minimum Gasteiger partial charge on any atom is -0.329 e. The summed E-state index contributed by atoms with van der Waals surface area (Å²) in [5.74, 6) is 0. The van der Waals surface area contributed by atoms with Crippen LogP contribution in [0.3, 0.4) is 0 Å². The number of benzene rings is 1. The van der Waals surface area contributed by atoms with E-state index >= 15 is 0 Å². The van der Waals surface area contributed by atoms with Crippen molar-refractivity contribution in [2.75, 3.05) is 6.54 Å². The average Bonchev–Trinajstić information content (AvgIpc) is 2.12. The fraction of sp³-hybridized carbons (Fsp3) is 0.455. The van der Waals surface area contributed by atoms with Crippen molar-refractivity contribution >= 4 is 15.9 Å². The Balaban J connectivity index is 2.58. The molecule has 1 unspecified atom stereocenters. The fourth-order valence-electron chi connectivity index (χ4n) is 1.29. The van der Waals surface area contributed by atoms with E-state index in [1.807, 2.05) is 0 Å². The highest BCUT2D eigenvalue weighted by molar-refractivity contribution is 9.10. The molecule has 78 valence electrons. The van der Waals surface area contributed by atoms with Crippen LogP contribution in [0.25, 0.3) is 0 Å². The van der Waals surface area contributed by atoms with Gasteiger partial charge < -0.3 is 11.1 Å². The van der Waals surface area contributed by atoms with Crippen LogP contribution in [0.4, 0.5) is 0 Å². The molecule has 0 saturated heterocycles. The standard InChI is InChI=1S/C11H17BrN2/c1-8-3-10(5-11(12)4-8)7-14-9(2)6-13/h3-5,9,14H,6-7,13H2,1-2H3. The van der Waals surface area contributed by atoms with Gasteiger partial charge in [-0.15, -0.1) is 0 Å². The predicted octanol–water partition coefficient (Wildman–Crippen LogP) is 2.19. The molecule has 0 heterocycles. The van der Waals surface area contributed by atoms with Crippen LogP contribution < -0.4 is 11.1 Å². The topological polar surface area (TPSA) is 38.0 Å². The number of halogens is 1. The first kappa shape index (κ1) is 11.7. The van der Waals surface area contributed by atoms with Gasteiger partial charge in [-0.1, -0.05) is 22.0 Å². The molecule has 0 aliphatic heterocycles. The van der Waals surface area contributed by atoms with Gasteiger partial charge in [-0.25, -0.2) is 0 Å². The predicted molar refractivity (Wildman–Crippen MR) is 64.2 cm³/mol. The van der Waals surface area contributed by atoms with Gasteiger partial charge in [-0.05, 0) is 37.1 Å². The zero-order valence-corrected chi connectivity index (χ0v) is 10.3. The van der Waals surface area contributed by atoms with Crippen molar-refractivity contribution < 1.29 is 0 Å². The van der Waals surface area contributed by atoms with Crippen molar-refractivity contribution in [3.63, 3.8) is 0 Å². The van der Waals surface area contributed by atoms with Gasteiger partial charge in [0.15, 0.2) is 0 Å². The molecule has 0 aliphatic carbocycles. The Hall–Kier alpha value is -0.380. The summed E-state index contributed by atoms with van der Waals surface area (Å²) in [5.41, 5.74) is 8.09. The minimum absolute atomic E-state index is 0.370. The van der Waals surface area contributed by atoms with Gasteiger partial charge in [0.1, 0.15) is 0 Å². The van der Waals surface area contributed by atoms with E-state index in [-0.39, 0.29) is 0 Å². The lowest BCUT2D eigenvalue weighted by Crippen LogP contribution is -2.32. The normalized spacial score (nSPS) is 12.9. The van der Waals surface area contributed by atoms with E-state index in [0.29, 0.717) is 12.6 Å². The second-order valence-electron chi connectivity index (χ2n) is 3.65. The Morgan fingerprint density at radius 1 is 1.43 bits per heavy atom. The van der Waals surface area contributed by atoms with Gasteiger partial charge in [0.25, 0.3) is 0 Å². The van der Waals surface area contributed by atoms with Crippen LogP contribution >= 0.6 is 15.9 Å². The molecule has 0 aliphatic rings. The summed E-state index contributed by atoms with van der Waals surface area (Å²) in [6.07, 6.45) is 0. The highest BCUT2D eigenvalue weighted by Crippen LogP contribution is 2.15. The van der Waals surface area contributed by atoms with Gasteiger partial charge in [-0.2, -0.15) is 0 Å². The summed E-state index contributed by atoms with van der Waals surface area (Å²) >= 11 is 3.48. The summed E-state index contributed by atoms with van der Waals surface area (Å²) in [6.45, 7) is 5.73. The van der Waals surface area contributed by atoms with Crippen LogP contribution in [0.5, 0.6) is 0 Å². The van der Waals surface area contributed by atoms with E-state index in [9.17, 15) is 0 Å². The third-order valence-corrected chi connectivity index (χ3v) is 2.57. The molecule has 0 bridgehead atoms. The highest BCUT2D eigenvalue weighted by Gasteiger charge is 1.99. The first-order valence-corrected chi connectivity index (χ1v) is 5.60. The van der Waals surface area contributed by atoms with Crippen molar-refractivity contribution in [1.82, 2.24) is 5.32 Å². The van der Waals surface area contributed by atoms with E-state index in [1.54, 1.807) is 0 Å². The number of aryl methyl sites for hydroxylation is 1. The Bertz CT molecular complexity index is 279. The van der Waals surface area contributed by atoms with Crippen LogP contribution in [0.15, 0.2) is 22.7 Å². The molecule has 3 heteroatoms. The summed E-state index contributed by atoms with van der Waals surface area (Å²) < 4.78 is 1.13. The average molecular weight is 257 g/mol. The summed E-state index contributed by atoms with van der Waals surface area (Å²) in [6, 6.07) is 6.79. The molecule has 0 aromatic heterocycles. The monoisotopic (exact) mass is 256 g/mol. The summed E-state index contributed by atoms with van der Waals surface area (Å²) in [5, 5.41) is 3.36. The highest BCUT2D eigenvalue weighted by atomic mass is 79.9. The van der Waals surface area contributed by atoms with Crippen LogP contribution in [0, 0.1) is 6.92 Å². The maximum Gasteiger partial charge on any atom is 0.0209 e. The molecule has 3 N–H and O–H groups in total. The molecule has 14 heavy (non-hydrogen) atoms. The second-order valence-corrected chi connectivity index (χ2v) is 4.57. The molecule has 0 spiro atoms. The smallest absolute Gasteiger partial charge is 0.0209 e. The zero-order chi connectivity index (χ0) is 10.6. The maximum atomic E-state index is 5.52. The molecule has 0 saturated carbocycles. The fourth-order valence-corrected chi connectivity index (χ4v) is 1.94. The molecule has 0 radical (unpaired) electrons. The lowest BCUT2D eigenvalue weighted by molar-refractivity contribution is 0.556. The lowest BCUT2D eigenvalue weighted by atomic mass is 10.1. The van der Waals surface area contributed by atoms with Gasteiger partial charge in [0.05, 0.1) is 0 Å². The SMILES string of the molecule is Cc1cc(Br)cc(CNC(C)CN)c1. The lowest BCUT2D eigenvalue weighted by Gasteiger charge is -2.11. The Morgan fingerprint density at radius 2 is 2.14 bits per heavy atom. The van der Waals surface area contributed by atoms with Crippen molar-refractivity contribution in [1.29, 1.82) is 0 Å². The number of hydrogen-bond donors (Lipinski definition) is 2. The summed E-state index contributed by atoms with van der Waals surface area (Å²) in [4.78, 5) is 0. The van der Waals surface area contributed by atoms with Gasteiger partial charge in [0.2, 0.25) is 0 Å². The first-order valence-electron chi connectivity index (χ1n) is 4.81. The molecular weight excluding hydrogens is 240 g/mol. The number of nitrogens with one attached hydrogen (secondary N) is 1. The van der Waals surface area contributed by atoms with E-state index in [2.05, 4.69) is 53.3 Å². The van der Waals surface area contributed by atoms with Crippen molar-refractivity contribution in [3.05, 3.63) is 33.8 Å². The number of nitrogens with two attached hydrogens (primary N) is 1. The van der Waals surface area contributed by atoms with E-state index in [0.717, 1.165) is 11.0 Å². The van der Waals surface area contributed by atoms with Crippen LogP contribution in [0.1, 0.15) is 18.1 Å². The van der Waals surface area contributed by atoms with Crippen molar-refractivity contribution in [3.8, 4) is 0 Å². The van der Waals surface area contributed by atoms with E-state index in [1.165, 1.54) is 11.1 Å². The quantitative estimate of drug-likeness (QED) is 0.867. The molecule has 1 aromatic carbocycles. The molecular formula is C11H17BrN2. The van der Waals surface area contributed by atoms with Gasteiger partial charge in [0, 0.05) is 23.6 Å². The largest absolute Gasteiger partial charge is 0.329 e. The molecule has 1 aromatic rings. The molecule has 0 amide bonds. The molecule has 2 nitrogen and oxygen atoms in total. The van der Waals surface area contributed by atoms with Gasteiger partial charge in [-0.3, -0.25) is 0 Å². The third kappa shape index (κ3) is 3.78. The Morgan fingerprint density at radius 3 is 2.71 bits per heavy atom.